The Labute approximate surface area is 188 Å². The molecule has 0 aliphatic carbocycles. The van der Waals surface area contributed by atoms with Crippen LogP contribution in [-0.2, 0) is 15.4 Å². The number of hydrogen-bond acceptors (Lipinski definition) is 5. The third-order valence-electron chi connectivity index (χ3n) is 4.80. The number of carbonyl (C=O) groups excluding carboxylic acids is 1. The molecule has 32 heavy (non-hydrogen) atoms. The lowest BCUT2D eigenvalue weighted by Crippen LogP contribution is -2.16. The molecule has 0 saturated carbocycles. The van der Waals surface area contributed by atoms with Crippen molar-refractivity contribution in [1.29, 1.82) is 0 Å². The normalized spacial score (nSPS) is 11.7. The number of methoxy groups -OCH3 is 1. The summed E-state index contributed by atoms with van der Waals surface area (Å²) in [6.07, 6.45) is 0. The van der Waals surface area contributed by atoms with Gasteiger partial charge < -0.3 is 14.8 Å². The fourth-order valence-corrected chi connectivity index (χ4v) is 3.54. The zero-order chi connectivity index (χ0) is 23.5. The zero-order valence-electron chi connectivity index (χ0n) is 18.4. The van der Waals surface area contributed by atoms with Crippen molar-refractivity contribution in [2.24, 2.45) is 5.14 Å². The number of rotatable bonds is 6. The van der Waals surface area contributed by atoms with Gasteiger partial charge in [0.05, 0.1) is 17.6 Å². The predicted octanol–water partition coefficient (Wildman–Crippen LogP) is 4.68. The summed E-state index contributed by atoms with van der Waals surface area (Å²) in [5, 5.41) is 7.90. The second-order valence-corrected chi connectivity index (χ2v) is 9.83. The van der Waals surface area contributed by atoms with Crippen LogP contribution in [0.4, 0.5) is 5.69 Å². The quantitative estimate of drug-likeness (QED) is 0.562. The predicted molar refractivity (Wildman–Crippen MR) is 124 cm³/mol. The number of amides is 1. The lowest BCUT2D eigenvalue weighted by Gasteiger charge is -2.21. The van der Waals surface area contributed by atoms with E-state index in [1.165, 1.54) is 18.2 Å². The first-order valence-corrected chi connectivity index (χ1v) is 11.4. The molecule has 0 atom stereocenters. The van der Waals surface area contributed by atoms with Crippen molar-refractivity contribution < 1.29 is 22.7 Å². The van der Waals surface area contributed by atoms with Crippen LogP contribution in [-0.4, -0.2) is 21.4 Å². The molecular formula is C24H26N2O5S. The highest BCUT2D eigenvalue weighted by atomic mass is 32.2. The van der Waals surface area contributed by atoms with Crippen LogP contribution in [0.5, 0.6) is 17.2 Å². The van der Waals surface area contributed by atoms with E-state index in [1.54, 1.807) is 43.5 Å². The summed E-state index contributed by atoms with van der Waals surface area (Å²) in [4.78, 5) is 13.0. The maximum absolute atomic E-state index is 13.1. The van der Waals surface area contributed by atoms with E-state index in [1.807, 2.05) is 12.1 Å². The summed E-state index contributed by atoms with van der Waals surface area (Å²) in [6, 6.07) is 18.2. The molecule has 0 fully saturated rings. The first kappa shape index (κ1) is 23.3. The highest BCUT2D eigenvalue weighted by Crippen LogP contribution is 2.33. The Morgan fingerprint density at radius 2 is 1.59 bits per heavy atom. The molecule has 3 N–H and O–H groups in total. The molecule has 0 aliphatic rings. The number of anilines is 1. The maximum atomic E-state index is 13.1. The summed E-state index contributed by atoms with van der Waals surface area (Å²) in [5.41, 5.74) is 1.44. The van der Waals surface area contributed by atoms with Crippen LogP contribution in [0.2, 0.25) is 0 Å². The fraction of sp³-hybridized carbons (Fsp3) is 0.208. The molecule has 1 amide bonds. The maximum Gasteiger partial charge on any atom is 0.259 e. The van der Waals surface area contributed by atoms with Crippen molar-refractivity contribution in [3.63, 3.8) is 0 Å². The number of nitrogens with one attached hydrogen (secondary N) is 1. The zero-order valence-corrected chi connectivity index (χ0v) is 19.2. The fourth-order valence-electron chi connectivity index (χ4n) is 2.98. The minimum atomic E-state index is -3.89. The minimum Gasteiger partial charge on any atom is -0.497 e. The molecular weight excluding hydrogens is 428 g/mol. The molecule has 7 nitrogen and oxygen atoms in total. The van der Waals surface area contributed by atoms with E-state index in [-0.39, 0.29) is 10.3 Å². The molecule has 3 rings (SSSR count). The number of sulfonamides is 1. The van der Waals surface area contributed by atoms with Gasteiger partial charge in [0.2, 0.25) is 10.0 Å². The molecule has 0 unspecified atom stereocenters. The van der Waals surface area contributed by atoms with Crippen molar-refractivity contribution in [1.82, 2.24) is 0 Å². The summed E-state index contributed by atoms with van der Waals surface area (Å²) < 4.78 is 34.4. The van der Waals surface area contributed by atoms with Gasteiger partial charge in [-0.05, 0) is 65.6 Å². The molecule has 3 aromatic rings. The van der Waals surface area contributed by atoms with Crippen LogP contribution >= 0.6 is 0 Å². The number of carbonyl (C=O) groups is 1. The molecule has 3 aromatic carbocycles. The van der Waals surface area contributed by atoms with Gasteiger partial charge in [0.25, 0.3) is 5.91 Å². The Bertz CT molecular complexity index is 1230. The topological polar surface area (TPSA) is 108 Å². The Hall–Kier alpha value is -3.36. The highest BCUT2D eigenvalue weighted by Gasteiger charge is 2.20. The van der Waals surface area contributed by atoms with E-state index in [0.29, 0.717) is 28.5 Å². The van der Waals surface area contributed by atoms with Gasteiger partial charge in [-0.25, -0.2) is 13.6 Å². The van der Waals surface area contributed by atoms with Crippen molar-refractivity contribution in [3.8, 4) is 17.2 Å². The average Bonchev–Trinajstić information content (AvgIpc) is 2.73. The van der Waals surface area contributed by atoms with Gasteiger partial charge >= 0.3 is 0 Å². The standard InChI is InChI=1S/C24H26N2O5S/c1-24(2,3)16-8-13-21(22(14-16)31-19-11-9-18(30-4)10-12-19)23(27)26-17-6-5-7-20(15-17)32(25,28)29/h5-15H,1-4H3,(H,26,27)(H2,25,28,29). The Kier molecular flexibility index (Phi) is 6.57. The van der Waals surface area contributed by atoms with Gasteiger partial charge in [-0.2, -0.15) is 0 Å². The lowest BCUT2D eigenvalue weighted by molar-refractivity contribution is 0.102. The van der Waals surface area contributed by atoms with Crippen LogP contribution in [0.3, 0.4) is 0 Å². The van der Waals surface area contributed by atoms with Crippen LogP contribution in [0.15, 0.2) is 71.6 Å². The first-order valence-electron chi connectivity index (χ1n) is 9.88. The molecule has 8 heteroatoms. The van der Waals surface area contributed by atoms with Crippen LogP contribution < -0.4 is 19.9 Å². The van der Waals surface area contributed by atoms with Crippen molar-refractivity contribution in [3.05, 3.63) is 77.9 Å². The van der Waals surface area contributed by atoms with Crippen molar-refractivity contribution in [2.75, 3.05) is 12.4 Å². The lowest BCUT2D eigenvalue weighted by atomic mass is 9.86. The summed E-state index contributed by atoms with van der Waals surface area (Å²) in [5.74, 6) is 1.17. The van der Waals surface area contributed by atoms with E-state index in [4.69, 9.17) is 14.6 Å². The molecule has 0 spiro atoms. The number of benzene rings is 3. The van der Waals surface area contributed by atoms with Gasteiger partial charge in [0.1, 0.15) is 17.2 Å². The average molecular weight is 455 g/mol. The van der Waals surface area contributed by atoms with Gasteiger partial charge in [-0.15, -0.1) is 0 Å². The number of primary sulfonamides is 1. The van der Waals surface area contributed by atoms with E-state index >= 15 is 0 Å². The van der Waals surface area contributed by atoms with Crippen molar-refractivity contribution >= 4 is 21.6 Å². The Morgan fingerprint density at radius 1 is 0.938 bits per heavy atom. The largest absolute Gasteiger partial charge is 0.497 e. The smallest absolute Gasteiger partial charge is 0.259 e. The molecule has 0 bridgehead atoms. The molecule has 0 radical (unpaired) electrons. The molecule has 168 valence electrons. The van der Waals surface area contributed by atoms with Crippen LogP contribution in [0.25, 0.3) is 0 Å². The SMILES string of the molecule is COc1ccc(Oc2cc(C(C)(C)C)ccc2C(=O)Nc2cccc(S(N)(=O)=O)c2)cc1. The van der Waals surface area contributed by atoms with Crippen LogP contribution in [0, 0.1) is 0 Å². The minimum absolute atomic E-state index is 0.0897. The molecule has 0 aliphatic heterocycles. The molecule has 0 aromatic heterocycles. The third kappa shape index (κ3) is 5.66. The van der Waals surface area contributed by atoms with E-state index in [0.717, 1.165) is 5.56 Å². The number of hydrogen-bond donors (Lipinski definition) is 2. The second-order valence-electron chi connectivity index (χ2n) is 8.27. The second kappa shape index (κ2) is 9.02. The Morgan fingerprint density at radius 3 is 2.19 bits per heavy atom. The first-order chi connectivity index (χ1) is 15.0. The monoisotopic (exact) mass is 454 g/mol. The number of ether oxygens (including phenoxy) is 2. The van der Waals surface area contributed by atoms with Gasteiger partial charge in [0.15, 0.2) is 0 Å². The van der Waals surface area contributed by atoms with E-state index in [9.17, 15) is 13.2 Å². The molecule has 0 heterocycles. The number of nitrogens with two attached hydrogens (primary N) is 1. The van der Waals surface area contributed by atoms with Crippen LogP contribution in [0.1, 0.15) is 36.7 Å². The summed E-state index contributed by atoms with van der Waals surface area (Å²) in [7, 11) is -2.31. The van der Waals surface area contributed by atoms with Gasteiger partial charge in [-0.1, -0.05) is 32.9 Å². The summed E-state index contributed by atoms with van der Waals surface area (Å²) in [6.45, 7) is 6.20. The third-order valence-corrected chi connectivity index (χ3v) is 5.71. The van der Waals surface area contributed by atoms with E-state index < -0.39 is 15.9 Å². The van der Waals surface area contributed by atoms with Gasteiger partial charge in [0, 0.05) is 5.69 Å². The van der Waals surface area contributed by atoms with Gasteiger partial charge in [-0.3, -0.25) is 4.79 Å². The summed E-state index contributed by atoms with van der Waals surface area (Å²) >= 11 is 0. The van der Waals surface area contributed by atoms with Crippen molar-refractivity contribution in [2.45, 2.75) is 31.1 Å². The highest BCUT2D eigenvalue weighted by molar-refractivity contribution is 7.89. The Balaban J connectivity index is 1.96. The van der Waals surface area contributed by atoms with E-state index in [2.05, 4.69) is 26.1 Å². The molecule has 0 saturated heterocycles.